The maximum absolute atomic E-state index is 12.6. The summed E-state index contributed by atoms with van der Waals surface area (Å²) in [5.74, 6) is -0.375. The van der Waals surface area contributed by atoms with Gasteiger partial charge in [0.2, 0.25) is 0 Å². The molecule has 1 saturated heterocycles. The van der Waals surface area contributed by atoms with Crippen molar-refractivity contribution in [1.82, 2.24) is 19.8 Å². The highest BCUT2D eigenvalue weighted by molar-refractivity contribution is 7.80. The predicted molar refractivity (Wildman–Crippen MR) is 149 cm³/mol. The minimum absolute atomic E-state index is 0.125. The van der Waals surface area contributed by atoms with Crippen LogP contribution in [0.3, 0.4) is 0 Å². The minimum atomic E-state index is -0.375. The average molecular weight is 512 g/mol. The molecular weight excluding hydrogens is 482 g/mol. The van der Waals surface area contributed by atoms with Crippen molar-refractivity contribution in [3.63, 3.8) is 0 Å². The molecule has 1 fully saturated rings. The molecule has 2 aromatic heterocycles. The Labute approximate surface area is 222 Å². The van der Waals surface area contributed by atoms with E-state index in [0.29, 0.717) is 10.7 Å². The van der Waals surface area contributed by atoms with Crippen molar-refractivity contribution in [3.05, 3.63) is 114 Å². The molecule has 2 atom stereocenters. The number of hydrogen-bond acceptors (Lipinski definition) is 5. The molecular formula is C29H29N5O2S. The zero-order valence-corrected chi connectivity index (χ0v) is 21.4. The van der Waals surface area contributed by atoms with Crippen molar-refractivity contribution < 1.29 is 9.53 Å². The van der Waals surface area contributed by atoms with Crippen molar-refractivity contribution in [2.24, 2.45) is 0 Å². The monoisotopic (exact) mass is 511 g/mol. The highest BCUT2D eigenvalue weighted by atomic mass is 32.1. The minimum Gasteiger partial charge on any atom is -0.465 e. The number of benzene rings is 2. The molecule has 188 valence electrons. The molecule has 4 aromatic rings. The van der Waals surface area contributed by atoms with Gasteiger partial charge in [-0.2, -0.15) is 0 Å². The van der Waals surface area contributed by atoms with Crippen LogP contribution in [0.4, 0.5) is 5.69 Å². The SMILES string of the molecule is COC(=O)c1ccccc1-n1cccc1[C@H]1[C@H](c2ccccn2)NC(=S)N1CCCNc1ccccc1. The van der Waals surface area contributed by atoms with Gasteiger partial charge in [0, 0.05) is 36.9 Å². The average Bonchev–Trinajstić information content (AvgIpc) is 3.56. The summed E-state index contributed by atoms with van der Waals surface area (Å²) in [6.07, 6.45) is 4.67. The molecule has 37 heavy (non-hydrogen) atoms. The first-order chi connectivity index (χ1) is 18.2. The van der Waals surface area contributed by atoms with E-state index >= 15 is 0 Å². The fourth-order valence-corrected chi connectivity index (χ4v) is 5.16. The van der Waals surface area contributed by atoms with Gasteiger partial charge in [-0.1, -0.05) is 36.4 Å². The number of hydrogen-bond donors (Lipinski definition) is 2. The fraction of sp³-hybridized carbons (Fsp3) is 0.207. The number of rotatable bonds is 9. The Morgan fingerprint density at radius 3 is 2.59 bits per heavy atom. The number of aromatic nitrogens is 2. The van der Waals surface area contributed by atoms with Gasteiger partial charge in [-0.25, -0.2) is 4.79 Å². The molecule has 0 unspecified atom stereocenters. The number of nitrogens with one attached hydrogen (secondary N) is 2. The molecule has 2 aromatic carbocycles. The van der Waals surface area contributed by atoms with Crippen LogP contribution in [0, 0.1) is 0 Å². The molecule has 0 radical (unpaired) electrons. The number of thiocarbonyl (C=S) groups is 1. The zero-order valence-electron chi connectivity index (χ0n) is 20.6. The number of esters is 1. The summed E-state index contributed by atoms with van der Waals surface area (Å²) in [6.45, 7) is 1.57. The lowest BCUT2D eigenvalue weighted by atomic mass is 10.0. The molecule has 0 spiro atoms. The van der Waals surface area contributed by atoms with Crippen LogP contribution in [-0.4, -0.2) is 45.7 Å². The van der Waals surface area contributed by atoms with Crippen LogP contribution in [0.2, 0.25) is 0 Å². The van der Waals surface area contributed by atoms with Crippen LogP contribution in [0.1, 0.15) is 40.3 Å². The normalized spacial score (nSPS) is 16.9. The van der Waals surface area contributed by atoms with Crippen molar-refractivity contribution in [2.75, 3.05) is 25.5 Å². The van der Waals surface area contributed by atoms with Crippen molar-refractivity contribution >= 4 is 29.0 Å². The molecule has 3 heterocycles. The summed E-state index contributed by atoms with van der Waals surface area (Å²) < 4.78 is 7.11. The van der Waals surface area contributed by atoms with Gasteiger partial charge in [0.15, 0.2) is 5.11 Å². The Kier molecular flexibility index (Phi) is 7.46. The molecule has 8 heteroatoms. The van der Waals surface area contributed by atoms with Crippen LogP contribution in [-0.2, 0) is 4.74 Å². The van der Waals surface area contributed by atoms with Crippen LogP contribution in [0.25, 0.3) is 5.69 Å². The second kappa shape index (κ2) is 11.3. The van der Waals surface area contributed by atoms with E-state index < -0.39 is 0 Å². The van der Waals surface area contributed by atoms with Crippen LogP contribution in [0.5, 0.6) is 0 Å². The Morgan fingerprint density at radius 1 is 1.03 bits per heavy atom. The van der Waals surface area contributed by atoms with Gasteiger partial charge in [-0.05, 0) is 67.2 Å². The van der Waals surface area contributed by atoms with Gasteiger partial charge in [-0.15, -0.1) is 0 Å². The molecule has 0 bridgehead atoms. The van der Waals surface area contributed by atoms with Crippen LogP contribution < -0.4 is 10.6 Å². The summed E-state index contributed by atoms with van der Waals surface area (Å²) in [5, 5.41) is 7.68. The van der Waals surface area contributed by atoms with Gasteiger partial charge in [0.05, 0.1) is 36.1 Å². The third kappa shape index (κ3) is 5.20. The second-order valence-electron chi connectivity index (χ2n) is 8.78. The summed E-state index contributed by atoms with van der Waals surface area (Å²) in [6, 6.07) is 27.4. The quantitative estimate of drug-likeness (QED) is 0.183. The molecule has 7 nitrogen and oxygen atoms in total. The maximum Gasteiger partial charge on any atom is 0.339 e. The van der Waals surface area contributed by atoms with Crippen molar-refractivity contribution in [3.8, 4) is 5.69 Å². The third-order valence-corrected chi connectivity index (χ3v) is 6.88. The maximum atomic E-state index is 12.6. The highest BCUT2D eigenvalue weighted by Crippen LogP contribution is 2.40. The molecule has 0 amide bonds. The van der Waals surface area contributed by atoms with Gasteiger partial charge in [-0.3, -0.25) is 4.98 Å². The molecule has 1 aliphatic rings. The number of methoxy groups -OCH3 is 1. The zero-order chi connectivity index (χ0) is 25.6. The van der Waals surface area contributed by atoms with E-state index in [1.165, 1.54) is 7.11 Å². The number of pyridine rings is 1. The van der Waals surface area contributed by atoms with E-state index in [1.807, 2.05) is 66.9 Å². The smallest absolute Gasteiger partial charge is 0.339 e. The van der Waals surface area contributed by atoms with E-state index in [-0.39, 0.29) is 18.1 Å². The lowest BCUT2D eigenvalue weighted by Crippen LogP contribution is -2.32. The standard InChI is InChI=1S/C29H29N5O2S/c1-36-28(35)22-13-5-6-15-24(22)33-19-9-16-25(33)27-26(23-14-7-8-17-31-23)32-29(37)34(27)20-10-18-30-21-11-3-2-4-12-21/h2-9,11-17,19,26-27,30H,10,18,20H2,1H3,(H,32,37)/t26-,27-/m0/s1. The fourth-order valence-electron chi connectivity index (χ4n) is 4.83. The van der Waals surface area contributed by atoms with Crippen LogP contribution >= 0.6 is 12.2 Å². The number of nitrogens with zero attached hydrogens (tertiary/aromatic N) is 3. The largest absolute Gasteiger partial charge is 0.465 e. The van der Waals surface area contributed by atoms with Gasteiger partial charge in [0.25, 0.3) is 0 Å². The highest BCUT2D eigenvalue weighted by Gasteiger charge is 2.41. The number of carbonyl (C=O) groups is 1. The Morgan fingerprint density at radius 2 is 1.81 bits per heavy atom. The lowest BCUT2D eigenvalue weighted by molar-refractivity contribution is 0.0600. The molecule has 0 saturated carbocycles. The number of anilines is 1. The van der Waals surface area contributed by atoms with E-state index in [9.17, 15) is 4.79 Å². The first kappa shape index (κ1) is 24.5. The first-order valence-corrected chi connectivity index (χ1v) is 12.7. The summed E-state index contributed by atoms with van der Waals surface area (Å²) >= 11 is 5.84. The Hall–Kier alpha value is -4.17. The third-order valence-electron chi connectivity index (χ3n) is 6.53. The summed E-state index contributed by atoms with van der Waals surface area (Å²) in [7, 11) is 1.40. The second-order valence-corrected chi connectivity index (χ2v) is 9.16. The van der Waals surface area contributed by atoms with E-state index in [1.54, 1.807) is 12.3 Å². The first-order valence-electron chi connectivity index (χ1n) is 12.3. The summed E-state index contributed by atoms with van der Waals surface area (Å²) in [4.78, 5) is 19.4. The Bertz CT molecular complexity index is 1360. The molecule has 2 N–H and O–H groups in total. The molecule has 0 aliphatic carbocycles. The number of para-hydroxylation sites is 2. The molecule has 1 aliphatic heterocycles. The molecule has 5 rings (SSSR count). The van der Waals surface area contributed by atoms with Gasteiger partial charge in [0.1, 0.15) is 0 Å². The van der Waals surface area contributed by atoms with E-state index in [4.69, 9.17) is 17.0 Å². The lowest BCUT2D eigenvalue weighted by Gasteiger charge is -2.29. The van der Waals surface area contributed by atoms with Crippen molar-refractivity contribution in [1.29, 1.82) is 0 Å². The van der Waals surface area contributed by atoms with Gasteiger partial charge < -0.3 is 24.8 Å². The van der Waals surface area contributed by atoms with Crippen molar-refractivity contribution in [2.45, 2.75) is 18.5 Å². The number of ether oxygens (including phenoxy) is 1. The van der Waals surface area contributed by atoms with Crippen LogP contribution in [0.15, 0.2) is 97.3 Å². The predicted octanol–water partition coefficient (Wildman–Crippen LogP) is 5.13. The van der Waals surface area contributed by atoms with E-state index in [0.717, 1.165) is 42.3 Å². The van der Waals surface area contributed by atoms with E-state index in [2.05, 4.69) is 43.3 Å². The van der Waals surface area contributed by atoms with Gasteiger partial charge >= 0.3 is 5.97 Å². The number of carbonyl (C=O) groups excluding carboxylic acids is 1. The topological polar surface area (TPSA) is 71.4 Å². The Balaban J connectivity index is 1.47. The summed E-state index contributed by atoms with van der Waals surface area (Å²) in [5.41, 5.74) is 4.28.